The number of halogens is 1. The molecule has 1 aromatic heterocycles. The second-order valence-electron chi connectivity index (χ2n) is 6.27. The molecule has 0 spiro atoms. The van der Waals surface area contributed by atoms with E-state index < -0.39 is 18.0 Å². The number of nitrogens with one attached hydrogen (secondary N) is 2. The molecule has 1 aromatic rings. The van der Waals surface area contributed by atoms with Gasteiger partial charge in [-0.05, 0) is 52.1 Å². The molecule has 0 aliphatic rings. The van der Waals surface area contributed by atoms with Gasteiger partial charge in [0.1, 0.15) is 11.4 Å². The summed E-state index contributed by atoms with van der Waals surface area (Å²) >= 11 is 5.87. The minimum atomic E-state index is -0.627. The number of rotatable bonds is 8. The first-order valence-electron chi connectivity index (χ1n) is 8.73. The van der Waals surface area contributed by atoms with Gasteiger partial charge in [-0.3, -0.25) is 0 Å². The molecule has 0 saturated heterocycles. The van der Waals surface area contributed by atoms with Crippen LogP contribution in [0.4, 0.5) is 10.6 Å². The highest BCUT2D eigenvalue weighted by atomic mass is 35.5. The zero-order valence-corrected chi connectivity index (χ0v) is 17.1. The van der Waals surface area contributed by atoms with Crippen LogP contribution < -0.4 is 10.6 Å². The summed E-state index contributed by atoms with van der Waals surface area (Å²) in [5, 5.41) is 5.81. The van der Waals surface area contributed by atoms with E-state index in [1.807, 2.05) is 13.8 Å². The van der Waals surface area contributed by atoms with Crippen LogP contribution in [-0.2, 0) is 14.2 Å². The summed E-state index contributed by atoms with van der Waals surface area (Å²) in [6.07, 6.45) is 0.402. The Bertz CT molecular complexity index is 662. The molecule has 0 unspecified atom stereocenters. The molecule has 0 aliphatic carbocycles. The van der Waals surface area contributed by atoms with E-state index in [1.54, 1.807) is 20.8 Å². The van der Waals surface area contributed by atoms with Crippen molar-refractivity contribution in [3.8, 4) is 11.8 Å². The van der Waals surface area contributed by atoms with Gasteiger partial charge in [0.2, 0.25) is 11.6 Å². The summed E-state index contributed by atoms with van der Waals surface area (Å²) in [5.41, 5.74) is -0.000878. The van der Waals surface area contributed by atoms with Gasteiger partial charge in [-0.1, -0.05) is 5.92 Å². The predicted molar refractivity (Wildman–Crippen MR) is 104 cm³/mol. The fraction of sp³-hybridized carbons (Fsp3) is 0.611. The highest BCUT2D eigenvalue weighted by Crippen LogP contribution is 2.13. The Labute approximate surface area is 165 Å². The Kier molecular flexibility index (Phi) is 9.86. The summed E-state index contributed by atoms with van der Waals surface area (Å²) in [6.45, 7) is 10.8. The van der Waals surface area contributed by atoms with Crippen molar-refractivity contribution in [2.24, 2.45) is 0 Å². The number of nitrogens with zero attached hydrogens (tertiary/aromatic N) is 2. The Morgan fingerprint density at radius 2 is 1.93 bits per heavy atom. The first kappa shape index (κ1) is 23.0. The van der Waals surface area contributed by atoms with Crippen LogP contribution >= 0.6 is 11.6 Å². The van der Waals surface area contributed by atoms with Crippen molar-refractivity contribution in [2.75, 3.05) is 31.6 Å². The number of amides is 1. The van der Waals surface area contributed by atoms with Crippen LogP contribution in [0, 0.1) is 11.8 Å². The molecule has 1 rings (SSSR count). The molecule has 1 heterocycles. The SMILES string of the molecule is CCOC(C#Cc1cnc(Cl)nc1NCCNC(=O)OC(C)(C)C)OCC. The van der Waals surface area contributed by atoms with Gasteiger partial charge < -0.3 is 24.8 Å². The van der Waals surface area contributed by atoms with Gasteiger partial charge in [-0.2, -0.15) is 4.98 Å². The Hall–Kier alpha value is -2.08. The number of hydrogen-bond acceptors (Lipinski definition) is 7. The van der Waals surface area contributed by atoms with Crippen molar-refractivity contribution in [1.29, 1.82) is 0 Å². The number of ether oxygens (including phenoxy) is 3. The maximum Gasteiger partial charge on any atom is 0.407 e. The average Bonchev–Trinajstić information content (AvgIpc) is 2.56. The van der Waals surface area contributed by atoms with Crippen molar-refractivity contribution >= 4 is 23.5 Å². The van der Waals surface area contributed by atoms with E-state index in [1.165, 1.54) is 6.20 Å². The Balaban J connectivity index is 2.68. The van der Waals surface area contributed by atoms with E-state index in [0.29, 0.717) is 37.7 Å². The molecule has 0 atom stereocenters. The van der Waals surface area contributed by atoms with Gasteiger partial charge in [-0.25, -0.2) is 9.78 Å². The first-order chi connectivity index (χ1) is 12.7. The average molecular weight is 399 g/mol. The van der Waals surface area contributed by atoms with Crippen LogP contribution in [-0.4, -0.2) is 54.3 Å². The number of alkyl carbamates (subject to hydrolysis) is 1. The zero-order valence-electron chi connectivity index (χ0n) is 16.4. The van der Waals surface area contributed by atoms with Crippen LogP contribution in [0.2, 0.25) is 5.28 Å². The lowest BCUT2D eigenvalue weighted by Crippen LogP contribution is -2.35. The van der Waals surface area contributed by atoms with Gasteiger partial charge in [0.05, 0.1) is 5.56 Å². The van der Waals surface area contributed by atoms with E-state index in [9.17, 15) is 4.79 Å². The lowest BCUT2D eigenvalue weighted by molar-refractivity contribution is -0.0969. The highest BCUT2D eigenvalue weighted by molar-refractivity contribution is 6.28. The van der Waals surface area contributed by atoms with E-state index >= 15 is 0 Å². The third-order valence-electron chi connectivity index (χ3n) is 2.81. The second kappa shape index (κ2) is 11.6. The first-order valence-corrected chi connectivity index (χ1v) is 9.11. The minimum Gasteiger partial charge on any atom is -0.444 e. The van der Waals surface area contributed by atoms with Crippen molar-refractivity contribution in [2.45, 2.75) is 46.5 Å². The van der Waals surface area contributed by atoms with Crippen molar-refractivity contribution < 1.29 is 19.0 Å². The zero-order chi connectivity index (χ0) is 20.3. The minimum absolute atomic E-state index is 0.0920. The predicted octanol–water partition coefficient (Wildman–Crippen LogP) is 2.82. The monoisotopic (exact) mass is 398 g/mol. The number of aromatic nitrogens is 2. The number of carbonyl (C=O) groups excluding carboxylic acids is 1. The smallest absolute Gasteiger partial charge is 0.407 e. The van der Waals surface area contributed by atoms with Gasteiger partial charge in [0.15, 0.2) is 0 Å². The summed E-state index contributed by atoms with van der Waals surface area (Å²) in [4.78, 5) is 19.7. The standard InChI is InChI=1S/C18H27ClN4O4/c1-6-25-14(26-7-2)9-8-13-12-22-16(19)23-15(13)20-10-11-21-17(24)27-18(3,4)5/h12,14H,6-7,10-11H2,1-5H3,(H,21,24)(H,20,22,23). The van der Waals surface area contributed by atoms with Crippen LogP contribution in [0.5, 0.6) is 0 Å². The molecule has 0 bridgehead atoms. The molecular formula is C18H27ClN4O4. The quantitative estimate of drug-likeness (QED) is 0.301. The highest BCUT2D eigenvalue weighted by Gasteiger charge is 2.15. The molecule has 0 saturated carbocycles. The van der Waals surface area contributed by atoms with E-state index in [2.05, 4.69) is 32.4 Å². The number of hydrogen-bond donors (Lipinski definition) is 2. The maximum absolute atomic E-state index is 11.6. The van der Waals surface area contributed by atoms with Gasteiger partial charge >= 0.3 is 6.09 Å². The van der Waals surface area contributed by atoms with Gasteiger partial charge in [0, 0.05) is 32.5 Å². The number of anilines is 1. The van der Waals surface area contributed by atoms with Gasteiger partial charge in [0.25, 0.3) is 0 Å². The third-order valence-corrected chi connectivity index (χ3v) is 2.99. The molecule has 0 fully saturated rings. The van der Waals surface area contributed by atoms with Gasteiger partial charge in [-0.15, -0.1) is 0 Å². The van der Waals surface area contributed by atoms with Crippen LogP contribution in [0.3, 0.4) is 0 Å². The topological polar surface area (TPSA) is 94.6 Å². The Morgan fingerprint density at radius 3 is 2.52 bits per heavy atom. The van der Waals surface area contributed by atoms with E-state index in [-0.39, 0.29) is 5.28 Å². The van der Waals surface area contributed by atoms with Crippen LogP contribution in [0.1, 0.15) is 40.2 Å². The lowest BCUT2D eigenvalue weighted by atomic mass is 10.2. The third kappa shape index (κ3) is 9.99. The van der Waals surface area contributed by atoms with E-state index in [4.69, 9.17) is 25.8 Å². The molecule has 0 aromatic carbocycles. The molecular weight excluding hydrogens is 372 g/mol. The van der Waals surface area contributed by atoms with Crippen molar-refractivity contribution in [3.63, 3.8) is 0 Å². The molecule has 27 heavy (non-hydrogen) atoms. The van der Waals surface area contributed by atoms with Crippen molar-refractivity contribution in [1.82, 2.24) is 15.3 Å². The fourth-order valence-electron chi connectivity index (χ4n) is 1.82. The molecule has 8 nitrogen and oxygen atoms in total. The Morgan fingerprint density at radius 1 is 1.26 bits per heavy atom. The lowest BCUT2D eigenvalue weighted by Gasteiger charge is -2.19. The molecule has 0 aliphatic heterocycles. The van der Waals surface area contributed by atoms with Crippen LogP contribution in [0.15, 0.2) is 6.20 Å². The normalized spacial score (nSPS) is 10.9. The molecule has 9 heteroatoms. The summed E-state index contributed by atoms with van der Waals surface area (Å²) < 4.78 is 15.9. The van der Waals surface area contributed by atoms with E-state index in [0.717, 1.165) is 0 Å². The largest absolute Gasteiger partial charge is 0.444 e. The summed E-state index contributed by atoms with van der Waals surface area (Å²) in [6, 6.07) is 0. The maximum atomic E-state index is 11.6. The summed E-state index contributed by atoms with van der Waals surface area (Å²) in [7, 11) is 0. The molecule has 150 valence electrons. The molecule has 0 radical (unpaired) electrons. The van der Waals surface area contributed by atoms with Crippen molar-refractivity contribution in [3.05, 3.63) is 17.0 Å². The molecule has 2 N–H and O–H groups in total. The fourth-order valence-corrected chi connectivity index (χ4v) is 1.95. The number of carbonyl (C=O) groups is 1. The second-order valence-corrected chi connectivity index (χ2v) is 6.61. The van der Waals surface area contributed by atoms with Crippen LogP contribution in [0.25, 0.3) is 0 Å². The molecule has 1 amide bonds. The summed E-state index contributed by atoms with van der Waals surface area (Å²) in [5.74, 6) is 6.28.